The van der Waals surface area contributed by atoms with Gasteiger partial charge in [0, 0.05) is 51.9 Å². The van der Waals surface area contributed by atoms with Gasteiger partial charge in [-0.2, -0.15) is 0 Å². The first-order valence-electron chi connectivity index (χ1n) is 9.27. The van der Waals surface area contributed by atoms with E-state index < -0.39 is 11.9 Å². The molecule has 0 saturated carbocycles. The van der Waals surface area contributed by atoms with Crippen LogP contribution in [0.5, 0.6) is 0 Å². The van der Waals surface area contributed by atoms with Gasteiger partial charge in [-0.05, 0) is 25.0 Å². The number of carbonyl (C=O) groups is 2. The minimum atomic E-state index is -1.82. The number of hydrogen-bond acceptors (Lipinski definition) is 7. The highest BCUT2D eigenvalue weighted by Crippen LogP contribution is 2.19. The van der Waals surface area contributed by atoms with Crippen LogP contribution in [0.15, 0.2) is 22.8 Å². The van der Waals surface area contributed by atoms with E-state index in [1.54, 1.807) is 6.26 Å². The zero-order chi connectivity index (χ0) is 19.6. The van der Waals surface area contributed by atoms with Crippen LogP contribution >= 0.6 is 0 Å². The molecule has 2 aliphatic rings. The Morgan fingerprint density at radius 3 is 2.11 bits per heavy atom. The lowest BCUT2D eigenvalue weighted by Gasteiger charge is -2.42. The van der Waals surface area contributed by atoms with Crippen molar-refractivity contribution in [3.05, 3.63) is 24.2 Å². The molecule has 0 bridgehead atoms. The van der Waals surface area contributed by atoms with Gasteiger partial charge in [0.1, 0.15) is 5.76 Å². The van der Waals surface area contributed by atoms with Crippen molar-refractivity contribution in [2.45, 2.75) is 25.4 Å². The van der Waals surface area contributed by atoms with Gasteiger partial charge in [0.25, 0.3) is 0 Å². The fourth-order valence-corrected chi connectivity index (χ4v) is 3.56. The molecular weight excluding hydrogens is 354 g/mol. The van der Waals surface area contributed by atoms with Crippen molar-refractivity contribution in [3.8, 4) is 0 Å². The van der Waals surface area contributed by atoms with E-state index in [4.69, 9.17) is 29.3 Å². The Bertz CT molecular complexity index is 552. The third-order valence-corrected chi connectivity index (χ3v) is 5.04. The third kappa shape index (κ3) is 7.30. The molecule has 27 heavy (non-hydrogen) atoms. The van der Waals surface area contributed by atoms with Crippen LogP contribution in [-0.2, 0) is 16.1 Å². The molecule has 1 aromatic rings. The molecule has 9 nitrogen and oxygen atoms in total. The van der Waals surface area contributed by atoms with Gasteiger partial charge in [0.05, 0.1) is 19.4 Å². The Balaban J connectivity index is 0.000000380. The molecule has 2 aliphatic heterocycles. The first kappa shape index (κ1) is 21.4. The van der Waals surface area contributed by atoms with Gasteiger partial charge in [0.2, 0.25) is 0 Å². The molecule has 3 heterocycles. The van der Waals surface area contributed by atoms with Crippen molar-refractivity contribution in [1.82, 2.24) is 14.7 Å². The van der Waals surface area contributed by atoms with Crippen molar-refractivity contribution < 1.29 is 29.3 Å². The van der Waals surface area contributed by atoms with Gasteiger partial charge in [0.15, 0.2) is 0 Å². The van der Waals surface area contributed by atoms with Crippen LogP contribution in [0.2, 0.25) is 0 Å². The number of nitrogens with zero attached hydrogens (tertiary/aromatic N) is 3. The van der Waals surface area contributed by atoms with Crippen LogP contribution in [0.1, 0.15) is 18.6 Å². The van der Waals surface area contributed by atoms with Crippen LogP contribution in [0, 0.1) is 0 Å². The summed E-state index contributed by atoms with van der Waals surface area (Å²) in [7, 11) is 0. The van der Waals surface area contributed by atoms with E-state index in [-0.39, 0.29) is 6.61 Å². The van der Waals surface area contributed by atoms with Crippen LogP contribution in [0.4, 0.5) is 0 Å². The molecule has 1 aromatic heterocycles. The van der Waals surface area contributed by atoms with Crippen molar-refractivity contribution >= 4 is 11.9 Å². The number of piperidine rings is 1. The summed E-state index contributed by atoms with van der Waals surface area (Å²) in [4.78, 5) is 25.7. The number of furan rings is 1. The Morgan fingerprint density at radius 2 is 1.63 bits per heavy atom. The Labute approximate surface area is 158 Å². The predicted octanol–water partition coefficient (Wildman–Crippen LogP) is 0.00950. The molecule has 0 radical (unpaired) electrons. The smallest absolute Gasteiger partial charge is 0.414 e. The maximum atomic E-state index is 9.10. The van der Waals surface area contributed by atoms with Gasteiger partial charge >= 0.3 is 11.9 Å². The second-order valence-corrected chi connectivity index (χ2v) is 6.80. The standard InChI is InChI=1S/C16H27N3O2.C2H2O4/c20-12-11-17-7-9-19(10-8-17)15-3-5-18(6-4-15)14-16-2-1-13-21-16;3-1(4)2(5)6/h1-2,13,15,20H,3-12,14H2;(H,3,4)(H,5,6). The van der Waals surface area contributed by atoms with E-state index >= 15 is 0 Å². The Morgan fingerprint density at radius 1 is 1.00 bits per heavy atom. The Hall–Kier alpha value is -1.94. The molecule has 9 heteroatoms. The highest BCUT2D eigenvalue weighted by Gasteiger charge is 2.27. The lowest BCUT2D eigenvalue weighted by Crippen LogP contribution is -2.53. The summed E-state index contributed by atoms with van der Waals surface area (Å²) in [5.74, 6) is -2.57. The van der Waals surface area contributed by atoms with E-state index in [9.17, 15) is 0 Å². The maximum absolute atomic E-state index is 9.10. The minimum Gasteiger partial charge on any atom is -0.473 e. The number of hydrogen-bond donors (Lipinski definition) is 3. The first-order valence-corrected chi connectivity index (χ1v) is 9.27. The summed E-state index contributed by atoms with van der Waals surface area (Å²) in [5, 5.41) is 23.8. The number of piperazine rings is 1. The molecule has 0 aliphatic carbocycles. The van der Waals surface area contributed by atoms with Crippen LogP contribution in [-0.4, -0.2) is 100 Å². The highest BCUT2D eigenvalue weighted by molar-refractivity contribution is 6.27. The van der Waals surface area contributed by atoms with Crippen LogP contribution in [0.25, 0.3) is 0 Å². The number of aliphatic hydroxyl groups is 1. The molecule has 2 saturated heterocycles. The number of rotatable bonds is 5. The quantitative estimate of drug-likeness (QED) is 0.604. The molecule has 2 fully saturated rings. The van der Waals surface area contributed by atoms with Crippen molar-refractivity contribution in [2.24, 2.45) is 0 Å². The van der Waals surface area contributed by atoms with E-state index in [0.717, 1.165) is 51.1 Å². The predicted molar refractivity (Wildman–Crippen MR) is 97.4 cm³/mol. The number of aliphatic hydroxyl groups excluding tert-OH is 1. The largest absolute Gasteiger partial charge is 0.473 e. The van der Waals surface area contributed by atoms with E-state index in [1.807, 2.05) is 6.07 Å². The van der Waals surface area contributed by atoms with Gasteiger partial charge < -0.3 is 19.7 Å². The van der Waals surface area contributed by atoms with Crippen molar-refractivity contribution in [3.63, 3.8) is 0 Å². The fourth-order valence-electron chi connectivity index (χ4n) is 3.56. The van der Waals surface area contributed by atoms with Gasteiger partial charge in [-0.25, -0.2) is 9.59 Å². The molecule has 0 aromatic carbocycles. The summed E-state index contributed by atoms with van der Waals surface area (Å²) in [6.45, 7) is 8.92. The summed E-state index contributed by atoms with van der Waals surface area (Å²) in [5.41, 5.74) is 0. The molecule has 3 N–H and O–H groups in total. The second kappa shape index (κ2) is 11.0. The number of likely N-dealkylation sites (tertiary alicyclic amines) is 1. The van der Waals surface area contributed by atoms with Gasteiger partial charge in [-0.3, -0.25) is 14.7 Å². The van der Waals surface area contributed by atoms with Gasteiger partial charge in [-0.15, -0.1) is 0 Å². The lowest BCUT2D eigenvalue weighted by molar-refractivity contribution is -0.159. The molecular formula is C18H29N3O6. The average Bonchev–Trinajstić information content (AvgIpc) is 3.17. The second-order valence-electron chi connectivity index (χ2n) is 6.80. The monoisotopic (exact) mass is 383 g/mol. The maximum Gasteiger partial charge on any atom is 0.414 e. The molecule has 152 valence electrons. The number of aliphatic carboxylic acids is 2. The van der Waals surface area contributed by atoms with Crippen molar-refractivity contribution in [2.75, 3.05) is 52.4 Å². The zero-order valence-electron chi connectivity index (χ0n) is 15.5. The summed E-state index contributed by atoms with van der Waals surface area (Å²) in [6, 6.07) is 4.77. The van der Waals surface area contributed by atoms with Gasteiger partial charge in [-0.1, -0.05) is 0 Å². The highest BCUT2D eigenvalue weighted by atomic mass is 16.4. The van der Waals surface area contributed by atoms with Crippen LogP contribution < -0.4 is 0 Å². The normalized spacial score (nSPS) is 20.0. The Kier molecular flexibility index (Phi) is 8.73. The minimum absolute atomic E-state index is 0.283. The lowest BCUT2D eigenvalue weighted by atomic mass is 10.0. The van der Waals surface area contributed by atoms with E-state index in [1.165, 1.54) is 25.9 Å². The fraction of sp³-hybridized carbons (Fsp3) is 0.667. The number of carboxylic acids is 2. The number of β-amino-alcohol motifs (C(OH)–C–C–N with tert-alkyl or cyclic N) is 1. The van der Waals surface area contributed by atoms with E-state index in [2.05, 4.69) is 20.8 Å². The van der Waals surface area contributed by atoms with E-state index in [0.29, 0.717) is 0 Å². The SMILES string of the molecule is O=C(O)C(=O)O.OCCN1CCN(C2CCN(Cc3ccco3)CC2)CC1. The van der Waals surface area contributed by atoms with Crippen molar-refractivity contribution in [1.29, 1.82) is 0 Å². The number of carboxylic acid groups (broad SMARTS) is 2. The molecule has 0 spiro atoms. The zero-order valence-corrected chi connectivity index (χ0v) is 15.5. The average molecular weight is 383 g/mol. The topological polar surface area (TPSA) is 118 Å². The van der Waals surface area contributed by atoms with Crippen LogP contribution in [0.3, 0.4) is 0 Å². The summed E-state index contributed by atoms with van der Waals surface area (Å²) < 4.78 is 5.44. The molecule has 0 unspecified atom stereocenters. The molecule has 0 atom stereocenters. The first-order chi connectivity index (χ1) is 13.0. The molecule has 3 rings (SSSR count). The molecule has 0 amide bonds. The third-order valence-electron chi connectivity index (χ3n) is 5.04. The summed E-state index contributed by atoms with van der Waals surface area (Å²) in [6.07, 6.45) is 4.29. The summed E-state index contributed by atoms with van der Waals surface area (Å²) >= 11 is 0.